The summed E-state index contributed by atoms with van der Waals surface area (Å²) in [6.07, 6.45) is 0. The third-order valence-electron chi connectivity index (χ3n) is 6.79. The number of rotatable bonds is 4. The van der Waals surface area contributed by atoms with Gasteiger partial charge in [-0.25, -0.2) is 17.6 Å². The van der Waals surface area contributed by atoms with Gasteiger partial charge >= 0.3 is 0 Å². The summed E-state index contributed by atoms with van der Waals surface area (Å²) in [5.74, 6) is -3.23. The molecule has 0 unspecified atom stereocenters. The summed E-state index contributed by atoms with van der Waals surface area (Å²) < 4.78 is 62.3. The zero-order valence-electron chi connectivity index (χ0n) is 21.0. The smallest absolute Gasteiger partial charge is 0.140 e. The van der Waals surface area contributed by atoms with Crippen LogP contribution in [0.15, 0.2) is 72.8 Å². The van der Waals surface area contributed by atoms with Crippen molar-refractivity contribution in [3.8, 4) is 44.5 Å². The van der Waals surface area contributed by atoms with Crippen LogP contribution in [0.25, 0.3) is 44.5 Å². The fourth-order valence-electron chi connectivity index (χ4n) is 5.05. The second-order valence-electron chi connectivity index (χ2n) is 9.19. The Balaban J connectivity index is 2.11. The molecule has 5 aromatic rings. The molecule has 0 aliphatic rings. The van der Waals surface area contributed by atoms with Crippen molar-refractivity contribution in [1.82, 2.24) is 0 Å². The topological polar surface area (TPSA) is 0 Å². The highest BCUT2D eigenvalue weighted by atomic mass is 35.5. The first-order chi connectivity index (χ1) is 19.0. The molecule has 0 amide bonds. The molecule has 0 saturated carbocycles. The van der Waals surface area contributed by atoms with Gasteiger partial charge in [0.15, 0.2) is 0 Å². The summed E-state index contributed by atoms with van der Waals surface area (Å²) in [6.45, 7) is 3.18. The van der Waals surface area contributed by atoms with Crippen molar-refractivity contribution in [1.29, 1.82) is 0 Å². The fraction of sp³-hybridized carbons (Fsp3) is 0.0625. The lowest BCUT2D eigenvalue weighted by Gasteiger charge is -2.25. The lowest BCUT2D eigenvalue weighted by Crippen LogP contribution is -2.05. The molecule has 0 fully saturated rings. The maximum absolute atomic E-state index is 17.3. The standard InChI is InChI=1S/C32H18Cl4F4/c1-15-14-17(37)12-13-18(15)27-26(30-23(38)10-5-11-24(30)39)16(2)25(29-20(33)7-4-8-21(29)34)28(32(27)40)19-6-3-9-22(35)31(19)36/h3-14H,1-2H3. The Hall–Kier alpha value is -3.02. The molecule has 0 aliphatic heterocycles. The van der Waals surface area contributed by atoms with E-state index in [1.54, 1.807) is 50.2 Å². The molecule has 40 heavy (non-hydrogen) atoms. The summed E-state index contributed by atoms with van der Waals surface area (Å²) in [5.41, 5.74) is 0.788. The maximum atomic E-state index is 17.3. The molecule has 0 nitrogen and oxygen atoms in total. The van der Waals surface area contributed by atoms with Gasteiger partial charge in [-0.3, -0.25) is 0 Å². The van der Waals surface area contributed by atoms with Crippen LogP contribution in [-0.4, -0.2) is 0 Å². The van der Waals surface area contributed by atoms with Crippen molar-refractivity contribution in [3.63, 3.8) is 0 Å². The average molecular weight is 620 g/mol. The second kappa shape index (κ2) is 11.1. The van der Waals surface area contributed by atoms with Crippen molar-refractivity contribution >= 4 is 46.4 Å². The molecular formula is C32H18Cl4F4. The summed E-state index contributed by atoms with van der Waals surface area (Å²) in [6, 6.07) is 16.6. The maximum Gasteiger partial charge on any atom is 0.140 e. The Morgan fingerprint density at radius 1 is 0.500 bits per heavy atom. The second-order valence-corrected chi connectivity index (χ2v) is 10.8. The number of halogens is 8. The van der Waals surface area contributed by atoms with Gasteiger partial charge < -0.3 is 0 Å². The fourth-order valence-corrected chi connectivity index (χ4v) is 6.03. The van der Waals surface area contributed by atoms with Crippen LogP contribution in [0.2, 0.25) is 20.1 Å². The van der Waals surface area contributed by atoms with E-state index in [1.165, 1.54) is 18.2 Å². The molecule has 0 aliphatic carbocycles. The van der Waals surface area contributed by atoms with Crippen LogP contribution in [-0.2, 0) is 0 Å². The quantitative estimate of drug-likeness (QED) is 0.176. The van der Waals surface area contributed by atoms with Crippen LogP contribution in [0.1, 0.15) is 11.1 Å². The van der Waals surface area contributed by atoms with Gasteiger partial charge in [0.05, 0.1) is 15.6 Å². The van der Waals surface area contributed by atoms with Crippen LogP contribution < -0.4 is 0 Å². The van der Waals surface area contributed by atoms with Gasteiger partial charge in [-0.05, 0) is 78.6 Å². The van der Waals surface area contributed by atoms with E-state index in [0.29, 0.717) is 5.56 Å². The largest absolute Gasteiger partial charge is 0.207 e. The Morgan fingerprint density at radius 3 is 1.65 bits per heavy atom. The van der Waals surface area contributed by atoms with Gasteiger partial charge in [0.2, 0.25) is 0 Å². The minimum absolute atomic E-state index is 0.0285. The third-order valence-corrected chi connectivity index (χ3v) is 8.24. The molecule has 0 aromatic heterocycles. The van der Waals surface area contributed by atoms with Gasteiger partial charge in [-0.2, -0.15) is 0 Å². The van der Waals surface area contributed by atoms with Crippen LogP contribution in [0.5, 0.6) is 0 Å². The summed E-state index contributed by atoms with van der Waals surface area (Å²) in [7, 11) is 0. The van der Waals surface area contributed by atoms with Gasteiger partial charge in [-0.15, -0.1) is 0 Å². The Labute approximate surface area is 248 Å². The molecule has 0 bridgehead atoms. The Kier molecular flexibility index (Phi) is 7.91. The van der Waals surface area contributed by atoms with E-state index < -0.39 is 28.8 Å². The Bertz CT molecular complexity index is 1770. The zero-order chi connectivity index (χ0) is 28.9. The van der Waals surface area contributed by atoms with Crippen molar-refractivity contribution in [2.45, 2.75) is 13.8 Å². The molecular weight excluding hydrogens is 602 g/mol. The number of hydrogen-bond donors (Lipinski definition) is 0. The van der Waals surface area contributed by atoms with E-state index in [9.17, 15) is 4.39 Å². The molecule has 5 rings (SSSR count). The highest BCUT2D eigenvalue weighted by Crippen LogP contribution is 2.53. The number of aryl methyl sites for hydroxylation is 1. The molecule has 0 heterocycles. The molecule has 0 atom stereocenters. The van der Waals surface area contributed by atoms with Crippen LogP contribution in [0.4, 0.5) is 17.6 Å². The van der Waals surface area contributed by atoms with Gasteiger partial charge in [0, 0.05) is 37.9 Å². The first kappa shape index (κ1) is 28.5. The lowest BCUT2D eigenvalue weighted by atomic mass is 9.80. The molecule has 0 N–H and O–H groups in total. The SMILES string of the molecule is Cc1cc(F)ccc1-c1c(F)c(-c2cccc(Cl)c2Cl)c(-c2c(Cl)cccc2Cl)c(C)c1-c1c(F)cccc1F. The number of benzene rings is 5. The summed E-state index contributed by atoms with van der Waals surface area (Å²) >= 11 is 26.2. The molecule has 8 heteroatoms. The summed E-state index contributed by atoms with van der Waals surface area (Å²) in [5, 5.41) is 0.579. The minimum Gasteiger partial charge on any atom is -0.207 e. The van der Waals surface area contributed by atoms with E-state index in [-0.39, 0.29) is 64.6 Å². The molecule has 0 radical (unpaired) electrons. The van der Waals surface area contributed by atoms with Crippen LogP contribution >= 0.6 is 46.4 Å². The van der Waals surface area contributed by atoms with Crippen molar-refractivity contribution in [2.75, 3.05) is 0 Å². The third kappa shape index (κ3) is 4.77. The van der Waals surface area contributed by atoms with Crippen molar-refractivity contribution in [3.05, 3.63) is 127 Å². The predicted octanol–water partition coefficient (Wildman–Crippen LogP) is 12.1. The molecule has 202 valence electrons. The Morgan fingerprint density at radius 2 is 1.02 bits per heavy atom. The summed E-state index contributed by atoms with van der Waals surface area (Å²) in [4.78, 5) is 0. The van der Waals surface area contributed by atoms with Gasteiger partial charge in [-0.1, -0.05) is 76.7 Å². The highest BCUT2D eigenvalue weighted by Gasteiger charge is 2.31. The minimum atomic E-state index is -0.909. The first-order valence-electron chi connectivity index (χ1n) is 12.0. The van der Waals surface area contributed by atoms with E-state index in [4.69, 9.17) is 46.4 Å². The monoisotopic (exact) mass is 618 g/mol. The van der Waals surface area contributed by atoms with E-state index >= 15 is 13.2 Å². The lowest BCUT2D eigenvalue weighted by molar-refractivity contribution is 0.588. The normalized spacial score (nSPS) is 11.2. The molecule has 0 saturated heterocycles. The van der Waals surface area contributed by atoms with Crippen molar-refractivity contribution < 1.29 is 17.6 Å². The van der Waals surface area contributed by atoms with Crippen LogP contribution in [0, 0.1) is 37.1 Å². The van der Waals surface area contributed by atoms with Gasteiger partial charge in [0.1, 0.15) is 23.3 Å². The van der Waals surface area contributed by atoms with E-state index in [0.717, 1.165) is 18.2 Å². The predicted molar refractivity (Wildman–Crippen MR) is 158 cm³/mol. The van der Waals surface area contributed by atoms with E-state index in [2.05, 4.69) is 0 Å². The first-order valence-corrected chi connectivity index (χ1v) is 13.5. The van der Waals surface area contributed by atoms with Gasteiger partial charge in [0.25, 0.3) is 0 Å². The molecule has 5 aromatic carbocycles. The highest BCUT2D eigenvalue weighted by molar-refractivity contribution is 6.44. The van der Waals surface area contributed by atoms with Crippen molar-refractivity contribution in [2.24, 2.45) is 0 Å². The average Bonchev–Trinajstić information content (AvgIpc) is 2.89. The number of hydrogen-bond acceptors (Lipinski definition) is 0. The molecule has 0 spiro atoms. The van der Waals surface area contributed by atoms with E-state index in [1.807, 2.05) is 0 Å². The van der Waals surface area contributed by atoms with Crippen LogP contribution in [0.3, 0.4) is 0 Å². The zero-order valence-corrected chi connectivity index (χ0v) is 24.0.